The van der Waals surface area contributed by atoms with Gasteiger partial charge in [-0.15, -0.1) is 0 Å². The van der Waals surface area contributed by atoms with Crippen LogP contribution in [0.3, 0.4) is 0 Å². The van der Waals surface area contributed by atoms with E-state index in [9.17, 15) is 0 Å². The van der Waals surface area contributed by atoms with Crippen LogP contribution in [0.4, 0.5) is 0 Å². The Hall–Kier alpha value is -1.68. The third-order valence-electron chi connectivity index (χ3n) is 2.49. The fraction of sp³-hybridized carbons (Fsp3) is 0.429. The van der Waals surface area contributed by atoms with Crippen LogP contribution in [0.2, 0.25) is 0 Å². The first-order valence-electron chi connectivity index (χ1n) is 6.18. The Bertz CT molecular complexity index is 485. The number of nitrogens with zero attached hydrogens (tertiary/aromatic N) is 2. The van der Waals surface area contributed by atoms with Gasteiger partial charge in [-0.2, -0.15) is 4.98 Å². The van der Waals surface area contributed by atoms with Crippen LogP contribution in [0, 0.1) is 0 Å². The zero-order chi connectivity index (χ0) is 13.0. The maximum Gasteiger partial charge on any atom is 0.228 e. The molecule has 0 unspecified atom stereocenters. The highest BCUT2D eigenvalue weighted by atomic mass is 16.5. The van der Waals surface area contributed by atoms with Crippen LogP contribution in [-0.2, 0) is 6.42 Å². The Balaban J connectivity index is 1.95. The van der Waals surface area contributed by atoms with Crippen molar-refractivity contribution in [1.82, 2.24) is 15.5 Å². The molecule has 2 rings (SSSR count). The predicted molar refractivity (Wildman–Crippen MR) is 71.2 cm³/mol. The molecule has 0 spiro atoms. The van der Waals surface area contributed by atoms with Crippen LogP contribution < -0.4 is 5.32 Å². The first kappa shape index (κ1) is 12.8. The van der Waals surface area contributed by atoms with Gasteiger partial charge < -0.3 is 9.84 Å². The molecule has 0 saturated carbocycles. The van der Waals surface area contributed by atoms with Crippen molar-refractivity contribution in [2.45, 2.75) is 32.7 Å². The molecular weight excluding hydrogens is 226 g/mol. The van der Waals surface area contributed by atoms with E-state index in [2.05, 4.69) is 36.2 Å². The van der Waals surface area contributed by atoms with E-state index >= 15 is 0 Å². The van der Waals surface area contributed by atoms with Crippen LogP contribution in [0.5, 0.6) is 0 Å². The molecule has 96 valence electrons. The molecule has 0 aliphatic rings. The molecule has 0 fully saturated rings. The SMILES string of the molecule is CC(C)(C)NCCc1nc(-c2ccccc2)no1. The zero-order valence-corrected chi connectivity index (χ0v) is 11.1. The first-order chi connectivity index (χ1) is 8.54. The number of hydrogen-bond acceptors (Lipinski definition) is 4. The molecule has 4 heteroatoms. The van der Waals surface area contributed by atoms with Crippen LogP contribution in [0.1, 0.15) is 26.7 Å². The lowest BCUT2D eigenvalue weighted by atomic mass is 10.1. The minimum Gasteiger partial charge on any atom is -0.339 e. The molecular formula is C14H19N3O. The summed E-state index contributed by atoms with van der Waals surface area (Å²) in [5.41, 5.74) is 1.10. The summed E-state index contributed by atoms with van der Waals surface area (Å²) in [7, 11) is 0. The fourth-order valence-electron chi connectivity index (χ4n) is 1.61. The summed E-state index contributed by atoms with van der Waals surface area (Å²) in [6.45, 7) is 7.24. The zero-order valence-electron chi connectivity index (χ0n) is 11.1. The van der Waals surface area contributed by atoms with E-state index in [0.29, 0.717) is 11.7 Å². The summed E-state index contributed by atoms with van der Waals surface area (Å²) in [6.07, 6.45) is 0.747. The molecule has 0 amide bonds. The average molecular weight is 245 g/mol. The van der Waals surface area contributed by atoms with Crippen molar-refractivity contribution in [3.8, 4) is 11.4 Å². The highest BCUT2D eigenvalue weighted by molar-refractivity contribution is 5.53. The summed E-state index contributed by atoms with van der Waals surface area (Å²) >= 11 is 0. The van der Waals surface area contributed by atoms with Gasteiger partial charge in [-0.3, -0.25) is 0 Å². The summed E-state index contributed by atoms with van der Waals surface area (Å²) in [6, 6.07) is 9.85. The monoisotopic (exact) mass is 245 g/mol. The van der Waals surface area contributed by atoms with Gasteiger partial charge in [0.15, 0.2) is 0 Å². The minimum absolute atomic E-state index is 0.113. The molecule has 0 atom stereocenters. The van der Waals surface area contributed by atoms with Gasteiger partial charge >= 0.3 is 0 Å². The summed E-state index contributed by atoms with van der Waals surface area (Å²) in [5.74, 6) is 1.33. The predicted octanol–water partition coefficient (Wildman–Crippen LogP) is 2.67. The quantitative estimate of drug-likeness (QED) is 0.899. The van der Waals surface area contributed by atoms with E-state index in [-0.39, 0.29) is 5.54 Å². The minimum atomic E-state index is 0.113. The molecule has 1 aromatic heterocycles. The Labute approximate surface area is 107 Å². The van der Waals surface area contributed by atoms with Crippen LogP contribution in [0.25, 0.3) is 11.4 Å². The van der Waals surface area contributed by atoms with Crippen molar-refractivity contribution in [3.63, 3.8) is 0 Å². The van der Waals surface area contributed by atoms with E-state index in [1.807, 2.05) is 30.3 Å². The molecule has 0 aliphatic carbocycles. The van der Waals surface area contributed by atoms with E-state index in [0.717, 1.165) is 18.5 Å². The van der Waals surface area contributed by atoms with Gasteiger partial charge in [0.25, 0.3) is 0 Å². The molecule has 4 nitrogen and oxygen atoms in total. The van der Waals surface area contributed by atoms with Crippen LogP contribution >= 0.6 is 0 Å². The number of benzene rings is 1. The van der Waals surface area contributed by atoms with E-state index in [4.69, 9.17) is 4.52 Å². The van der Waals surface area contributed by atoms with Gasteiger partial charge in [0.05, 0.1) is 0 Å². The van der Waals surface area contributed by atoms with Gasteiger partial charge in [0.2, 0.25) is 11.7 Å². The lowest BCUT2D eigenvalue weighted by molar-refractivity contribution is 0.362. The number of rotatable bonds is 4. The number of aromatic nitrogens is 2. The lowest BCUT2D eigenvalue weighted by Crippen LogP contribution is -2.37. The topological polar surface area (TPSA) is 51.0 Å². The molecule has 18 heavy (non-hydrogen) atoms. The van der Waals surface area contributed by atoms with Crippen molar-refractivity contribution in [3.05, 3.63) is 36.2 Å². The summed E-state index contributed by atoms with van der Waals surface area (Å²) in [4.78, 5) is 4.38. The van der Waals surface area contributed by atoms with Crippen molar-refractivity contribution in [1.29, 1.82) is 0 Å². The second-order valence-electron chi connectivity index (χ2n) is 5.30. The largest absolute Gasteiger partial charge is 0.339 e. The van der Waals surface area contributed by atoms with Crippen LogP contribution in [0.15, 0.2) is 34.9 Å². The molecule has 1 heterocycles. The number of nitrogens with one attached hydrogen (secondary N) is 1. The summed E-state index contributed by atoms with van der Waals surface area (Å²) < 4.78 is 5.23. The second kappa shape index (κ2) is 5.31. The molecule has 2 aromatic rings. The Morgan fingerprint density at radius 1 is 1.17 bits per heavy atom. The van der Waals surface area contributed by atoms with Gasteiger partial charge in [-0.1, -0.05) is 35.5 Å². The smallest absolute Gasteiger partial charge is 0.228 e. The third kappa shape index (κ3) is 3.67. The Kier molecular flexibility index (Phi) is 3.77. The van der Waals surface area contributed by atoms with E-state index in [1.54, 1.807) is 0 Å². The van der Waals surface area contributed by atoms with Crippen molar-refractivity contribution >= 4 is 0 Å². The number of hydrogen-bond donors (Lipinski definition) is 1. The van der Waals surface area contributed by atoms with Crippen LogP contribution in [-0.4, -0.2) is 22.2 Å². The normalized spacial score (nSPS) is 11.7. The van der Waals surface area contributed by atoms with Crippen molar-refractivity contribution < 1.29 is 4.52 Å². The van der Waals surface area contributed by atoms with E-state index in [1.165, 1.54) is 0 Å². The first-order valence-corrected chi connectivity index (χ1v) is 6.18. The maximum absolute atomic E-state index is 5.23. The highest BCUT2D eigenvalue weighted by Crippen LogP contribution is 2.14. The second-order valence-corrected chi connectivity index (χ2v) is 5.30. The molecule has 0 radical (unpaired) electrons. The molecule has 1 N–H and O–H groups in total. The average Bonchev–Trinajstić information content (AvgIpc) is 2.77. The Morgan fingerprint density at radius 3 is 2.56 bits per heavy atom. The Morgan fingerprint density at radius 2 is 1.89 bits per heavy atom. The standard InChI is InChI=1S/C14H19N3O/c1-14(2,3)15-10-9-12-16-13(17-18-12)11-7-5-4-6-8-11/h4-8,15H,9-10H2,1-3H3. The lowest BCUT2D eigenvalue weighted by Gasteiger charge is -2.19. The highest BCUT2D eigenvalue weighted by Gasteiger charge is 2.11. The molecule has 0 saturated heterocycles. The van der Waals surface area contributed by atoms with Crippen molar-refractivity contribution in [2.75, 3.05) is 6.54 Å². The summed E-state index contributed by atoms with van der Waals surface area (Å²) in [5, 5.41) is 7.38. The molecule has 1 aromatic carbocycles. The maximum atomic E-state index is 5.23. The van der Waals surface area contributed by atoms with Gasteiger partial charge in [-0.25, -0.2) is 0 Å². The van der Waals surface area contributed by atoms with E-state index < -0.39 is 0 Å². The van der Waals surface area contributed by atoms with Gasteiger partial charge in [-0.05, 0) is 20.8 Å². The third-order valence-corrected chi connectivity index (χ3v) is 2.49. The van der Waals surface area contributed by atoms with Gasteiger partial charge in [0, 0.05) is 24.1 Å². The van der Waals surface area contributed by atoms with Crippen molar-refractivity contribution in [2.24, 2.45) is 0 Å². The molecule has 0 bridgehead atoms. The fourth-order valence-corrected chi connectivity index (χ4v) is 1.61. The van der Waals surface area contributed by atoms with Gasteiger partial charge in [0.1, 0.15) is 0 Å². The molecule has 0 aliphatic heterocycles.